The Bertz CT molecular complexity index is 431. The van der Waals surface area contributed by atoms with E-state index in [1.165, 1.54) is 12.8 Å². The summed E-state index contributed by atoms with van der Waals surface area (Å²) in [4.78, 5) is 0. The second-order valence-electron chi connectivity index (χ2n) is 5.89. The Balaban J connectivity index is 1.82. The highest BCUT2D eigenvalue weighted by atomic mass is 35.5. The summed E-state index contributed by atoms with van der Waals surface area (Å²) in [7, 11) is 0. The molecule has 1 fully saturated rings. The Morgan fingerprint density at radius 3 is 3.00 bits per heavy atom. The third kappa shape index (κ3) is 5.50. The van der Waals surface area contributed by atoms with E-state index in [1.807, 2.05) is 12.1 Å². The van der Waals surface area contributed by atoms with Crippen molar-refractivity contribution in [3.63, 3.8) is 0 Å². The van der Waals surface area contributed by atoms with Crippen molar-refractivity contribution >= 4 is 11.6 Å². The molecule has 1 aromatic rings. The Morgan fingerprint density at radius 1 is 1.43 bits per heavy atom. The molecule has 1 aliphatic rings. The number of hydrogen-bond acceptors (Lipinski definition) is 3. The molecule has 1 heterocycles. The van der Waals surface area contributed by atoms with Crippen LogP contribution in [-0.2, 0) is 11.3 Å². The number of ether oxygens (including phenoxy) is 2. The van der Waals surface area contributed by atoms with E-state index in [1.54, 1.807) is 0 Å². The maximum atomic E-state index is 6.27. The molecule has 3 nitrogen and oxygen atoms in total. The second-order valence-corrected chi connectivity index (χ2v) is 6.30. The first-order chi connectivity index (χ1) is 10.2. The van der Waals surface area contributed by atoms with E-state index in [4.69, 9.17) is 21.1 Å². The van der Waals surface area contributed by atoms with Crippen molar-refractivity contribution in [3.8, 4) is 5.75 Å². The molecule has 0 bridgehead atoms. The van der Waals surface area contributed by atoms with Crippen molar-refractivity contribution in [2.45, 2.75) is 58.2 Å². The third-order valence-electron chi connectivity index (χ3n) is 3.69. The Kier molecular flexibility index (Phi) is 6.81. The van der Waals surface area contributed by atoms with Crippen LogP contribution in [0.25, 0.3) is 0 Å². The average Bonchev–Trinajstić information content (AvgIpc) is 2.96. The zero-order chi connectivity index (χ0) is 15.1. The molecule has 0 amide bonds. The predicted molar refractivity (Wildman–Crippen MR) is 87.1 cm³/mol. The monoisotopic (exact) mass is 311 g/mol. The van der Waals surface area contributed by atoms with Gasteiger partial charge in [0.15, 0.2) is 0 Å². The zero-order valence-corrected chi connectivity index (χ0v) is 13.8. The van der Waals surface area contributed by atoms with Gasteiger partial charge in [-0.15, -0.1) is 0 Å². The van der Waals surface area contributed by atoms with Gasteiger partial charge in [0.2, 0.25) is 0 Å². The highest BCUT2D eigenvalue weighted by Crippen LogP contribution is 2.29. The van der Waals surface area contributed by atoms with E-state index in [0.29, 0.717) is 23.8 Å². The predicted octanol–water partition coefficient (Wildman–Crippen LogP) is 4.18. The van der Waals surface area contributed by atoms with Gasteiger partial charge in [-0.25, -0.2) is 0 Å². The summed E-state index contributed by atoms with van der Waals surface area (Å²) in [5.41, 5.74) is 1.12. The smallest absolute Gasteiger partial charge is 0.142 e. The maximum absolute atomic E-state index is 6.27. The summed E-state index contributed by atoms with van der Waals surface area (Å²) in [6, 6.07) is 6.36. The number of halogens is 1. The molecule has 0 saturated carbocycles. The van der Waals surface area contributed by atoms with Gasteiger partial charge in [-0.1, -0.05) is 37.6 Å². The van der Waals surface area contributed by atoms with Crippen molar-refractivity contribution in [2.24, 2.45) is 0 Å². The summed E-state index contributed by atoms with van der Waals surface area (Å²) in [6.07, 6.45) is 4.90. The van der Waals surface area contributed by atoms with E-state index in [0.717, 1.165) is 37.3 Å². The van der Waals surface area contributed by atoms with Gasteiger partial charge in [0.1, 0.15) is 5.75 Å². The topological polar surface area (TPSA) is 30.5 Å². The molecule has 1 aromatic carbocycles. The van der Waals surface area contributed by atoms with Crippen LogP contribution in [0, 0.1) is 0 Å². The molecule has 0 spiro atoms. The van der Waals surface area contributed by atoms with Crippen molar-refractivity contribution in [1.29, 1.82) is 0 Å². The lowest BCUT2D eigenvalue weighted by molar-refractivity contribution is 0.0981. The first-order valence-corrected chi connectivity index (χ1v) is 8.30. The molecular weight excluding hydrogens is 286 g/mol. The van der Waals surface area contributed by atoms with E-state index in [2.05, 4.69) is 25.2 Å². The average molecular weight is 312 g/mol. The van der Waals surface area contributed by atoms with E-state index >= 15 is 0 Å². The molecule has 4 heteroatoms. The summed E-state index contributed by atoms with van der Waals surface area (Å²) >= 11 is 6.27. The number of benzene rings is 1. The highest BCUT2D eigenvalue weighted by molar-refractivity contribution is 6.32. The van der Waals surface area contributed by atoms with Crippen LogP contribution in [0.15, 0.2) is 18.2 Å². The quantitative estimate of drug-likeness (QED) is 0.731. The normalized spacial score (nSPS) is 18.4. The van der Waals surface area contributed by atoms with Gasteiger partial charge in [-0.05, 0) is 31.7 Å². The molecule has 1 saturated heterocycles. The molecule has 1 aliphatic heterocycles. The van der Waals surface area contributed by atoms with E-state index in [-0.39, 0.29) is 0 Å². The van der Waals surface area contributed by atoms with Crippen molar-refractivity contribution in [2.75, 3.05) is 13.2 Å². The van der Waals surface area contributed by atoms with Crippen LogP contribution in [0.5, 0.6) is 5.75 Å². The molecule has 1 N–H and O–H groups in total. The Morgan fingerprint density at radius 2 is 2.29 bits per heavy atom. The zero-order valence-electron chi connectivity index (χ0n) is 13.0. The van der Waals surface area contributed by atoms with Gasteiger partial charge in [-0.2, -0.15) is 0 Å². The lowest BCUT2D eigenvalue weighted by atomic mass is 10.1. The molecule has 0 radical (unpaired) electrons. The van der Waals surface area contributed by atoms with Crippen molar-refractivity contribution < 1.29 is 9.47 Å². The van der Waals surface area contributed by atoms with Gasteiger partial charge in [0, 0.05) is 24.8 Å². The van der Waals surface area contributed by atoms with Crippen molar-refractivity contribution in [1.82, 2.24) is 5.32 Å². The molecule has 21 heavy (non-hydrogen) atoms. The van der Waals surface area contributed by atoms with Gasteiger partial charge in [0.05, 0.1) is 17.7 Å². The minimum Gasteiger partial charge on any atom is -0.492 e. The molecule has 2 rings (SSSR count). The van der Waals surface area contributed by atoms with Crippen LogP contribution in [0.1, 0.15) is 45.1 Å². The first kappa shape index (κ1) is 16.6. The molecule has 0 aliphatic carbocycles. The fourth-order valence-corrected chi connectivity index (χ4v) is 2.77. The van der Waals surface area contributed by atoms with Crippen LogP contribution in [0.4, 0.5) is 0 Å². The minimum atomic E-state index is 0.432. The molecule has 1 unspecified atom stereocenters. The fraction of sp³-hybridized carbons (Fsp3) is 0.647. The van der Waals surface area contributed by atoms with Crippen LogP contribution in [0.2, 0.25) is 5.02 Å². The standard InChI is InChI=1S/C17H26ClNO2/c1-13(2)19-12-14-6-3-9-16(18)17(14)21-11-5-8-15-7-4-10-20-15/h3,6,9,13,15,19H,4-5,7-8,10-12H2,1-2H3. The number of para-hydroxylation sites is 1. The largest absolute Gasteiger partial charge is 0.492 e. The summed E-state index contributed by atoms with van der Waals surface area (Å²) < 4.78 is 11.6. The minimum absolute atomic E-state index is 0.432. The molecule has 0 aromatic heterocycles. The van der Waals surface area contributed by atoms with Crippen LogP contribution >= 0.6 is 11.6 Å². The lowest BCUT2D eigenvalue weighted by Gasteiger charge is -2.15. The molecular formula is C17H26ClNO2. The van der Waals surface area contributed by atoms with Gasteiger partial charge < -0.3 is 14.8 Å². The van der Waals surface area contributed by atoms with Crippen LogP contribution < -0.4 is 10.1 Å². The fourth-order valence-electron chi connectivity index (χ4n) is 2.53. The number of rotatable bonds is 8. The van der Waals surface area contributed by atoms with Crippen LogP contribution in [-0.4, -0.2) is 25.4 Å². The third-order valence-corrected chi connectivity index (χ3v) is 3.99. The lowest BCUT2D eigenvalue weighted by Crippen LogP contribution is -2.22. The SMILES string of the molecule is CC(C)NCc1cccc(Cl)c1OCCCC1CCCO1. The molecule has 118 valence electrons. The first-order valence-electron chi connectivity index (χ1n) is 7.92. The second kappa shape index (κ2) is 8.62. The summed E-state index contributed by atoms with van der Waals surface area (Å²) in [5.74, 6) is 0.819. The number of hydrogen-bond donors (Lipinski definition) is 1. The van der Waals surface area contributed by atoms with Gasteiger partial charge >= 0.3 is 0 Å². The van der Waals surface area contributed by atoms with Gasteiger partial charge in [-0.3, -0.25) is 0 Å². The van der Waals surface area contributed by atoms with Crippen molar-refractivity contribution in [3.05, 3.63) is 28.8 Å². The van der Waals surface area contributed by atoms with Crippen LogP contribution in [0.3, 0.4) is 0 Å². The highest BCUT2D eigenvalue weighted by Gasteiger charge is 2.15. The van der Waals surface area contributed by atoms with E-state index < -0.39 is 0 Å². The van der Waals surface area contributed by atoms with Gasteiger partial charge in [0.25, 0.3) is 0 Å². The Labute approximate surface area is 133 Å². The summed E-state index contributed by atoms with van der Waals surface area (Å²) in [5, 5.41) is 4.10. The maximum Gasteiger partial charge on any atom is 0.142 e. The van der Waals surface area contributed by atoms with E-state index in [9.17, 15) is 0 Å². The summed E-state index contributed by atoms with van der Waals surface area (Å²) in [6.45, 7) is 6.65. The Hall–Kier alpha value is -0.770. The number of nitrogens with one attached hydrogen (secondary N) is 1. The molecule has 1 atom stereocenters.